The van der Waals surface area contributed by atoms with Gasteiger partial charge in [-0.3, -0.25) is 0 Å². The Kier molecular flexibility index (Phi) is 23.0. The summed E-state index contributed by atoms with van der Waals surface area (Å²) in [5.74, 6) is 0. The van der Waals surface area contributed by atoms with E-state index in [1.165, 1.54) is 170 Å². The first-order chi connectivity index (χ1) is 71.4. The van der Waals surface area contributed by atoms with Crippen LogP contribution in [0, 0.1) is 0 Å². The number of hydrogen-bond acceptors (Lipinski definition) is 3. The number of nitrogens with zero attached hydrogens (tertiary/aromatic N) is 6. The van der Waals surface area contributed by atoms with Gasteiger partial charge in [0.25, 0.3) is 0 Å². The molecule has 0 aliphatic carbocycles. The van der Waals surface area contributed by atoms with Crippen molar-refractivity contribution in [1.29, 1.82) is 0 Å². The Morgan fingerprint density at radius 2 is 0.333 bits per heavy atom. The predicted molar refractivity (Wildman–Crippen MR) is 612 cm³/mol. The van der Waals surface area contributed by atoms with Gasteiger partial charge in [-0.15, -0.1) is 0 Å². The molecule has 0 aliphatic heterocycles. The molecule has 3 heterocycles. The fourth-order valence-electron chi connectivity index (χ4n) is 21.1. The highest BCUT2D eigenvalue weighted by Crippen LogP contribution is 2.49. The number of anilines is 9. The molecule has 6 heteroatoms. The Labute approximate surface area is 837 Å². The summed E-state index contributed by atoms with van der Waals surface area (Å²) in [6.45, 7) is 0. The fourth-order valence-corrected chi connectivity index (χ4v) is 21.1. The highest BCUT2D eigenvalue weighted by molar-refractivity contribution is 6.19. The maximum absolute atomic E-state index is 2.40. The van der Waals surface area contributed by atoms with Gasteiger partial charge in [-0.2, -0.15) is 0 Å². The molecule has 0 saturated carbocycles. The second-order valence-electron chi connectivity index (χ2n) is 36.7. The minimum Gasteiger partial charge on any atom is -0.310 e. The van der Waals surface area contributed by atoms with E-state index in [1.807, 2.05) is 0 Å². The Balaban J connectivity index is 0.000000113. The highest BCUT2D eigenvalue weighted by atomic mass is 15.2. The van der Waals surface area contributed by atoms with Gasteiger partial charge in [0.05, 0.1) is 44.5 Å². The standard InChI is InChI=1S/3C46H32N2/c2*1-4-13-33(14-5-1)35-23-27-39(28-24-35)47(40-29-25-36(26-30-40)34-15-6-2-7-16-34)45-22-12-17-37-31-46-43(32-42(37)45)41-20-10-11-21-44(41)48(46)38-18-8-3-9-19-38;1-4-12-33(13-5-1)35-20-25-40(26-21-35)47(41-27-22-36(23-28-41)34-14-6-2-7-15-34)42-29-24-37-32-46-44(31-38(37)30-42)43-18-10-11-19-45(43)48(46)39-16-8-3-9-17-39/h3*1-32H. The molecule has 0 radical (unpaired) electrons. The Morgan fingerprint density at radius 3 is 0.611 bits per heavy atom. The summed E-state index contributed by atoms with van der Waals surface area (Å²) < 4.78 is 7.16. The maximum Gasteiger partial charge on any atom is 0.0547 e. The molecule has 6 nitrogen and oxygen atoms in total. The van der Waals surface area contributed by atoms with Crippen molar-refractivity contribution in [3.8, 4) is 83.8 Å². The van der Waals surface area contributed by atoms with Gasteiger partial charge in [-0.1, -0.05) is 394 Å². The molecule has 0 atom stereocenters. The largest absolute Gasteiger partial charge is 0.310 e. The van der Waals surface area contributed by atoms with Gasteiger partial charge in [0, 0.05) is 100.0 Å². The predicted octanol–water partition coefficient (Wildman–Crippen LogP) is 38.2. The number of hydrogen-bond donors (Lipinski definition) is 0. The van der Waals surface area contributed by atoms with Crippen molar-refractivity contribution in [3.63, 3.8) is 0 Å². The number of para-hydroxylation sites is 6. The third kappa shape index (κ3) is 16.7. The number of aromatic nitrogens is 3. The molecular formula is C138H96N6. The van der Waals surface area contributed by atoms with Crippen LogP contribution in [-0.2, 0) is 0 Å². The molecule has 678 valence electrons. The van der Waals surface area contributed by atoms with Crippen LogP contribution < -0.4 is 14.7 Å². The van der Waals surface area contributed by atoms with Gasteiger partial charge >= 0.3 is 0 Å². The smallest absolute Gasteiger partial charge is 0.0547 e. The summed E-state index contributed by atoms with van der Waals surface area (Å²) in [5, 5.41) is 14.7. The lowest BCUT2D eigenvalue weighted by molar-refractivity contribution is 1.18. The van der Waals surface area contributed by atoms with Crippen LogP contribution in [0.5, 0.6) is 0 Å². The van der Waals surface area contributed by atoms with Crippen LogP contribution in [-0.4, -0.2) is 13.7 Å². The van der Waals surface area contributed by atoms with Gasteiger partial charge < -0.3 is 28.4 Å². The maximum atomic E-state index is 2.40. The SMILES string of the molecule is c1ccc(-c2ccc(N(c3ccc(-c4ccccc4)cc3)c3ccc4cc5c(cc4c3)c3ccccc3n5-c3ccccc3)cc2)cc1.c1ccc(-c2ccc(N(c3ccc(-c4ccccc4)cc3)c3cccc4cc5c(cc34)c3ccccc3n5-c3ccccc3)cc2)cc1.c1ccc(-c2ccc(N(c3ccc(-c4ccccc4)cc3)c3cccc4cc5c(cc34)c3ccccc3n5-c3ccccc3)cc2)cc1. The quantitative estimate of drug-likeness (QED) is 0.0856. The van der Waals surface area contributed by atoms with Crippen molar-refractivity contribution in [2.75, 3.05) is 14.7 Å². The molecule has 0 spiro atoms. The minimum absolute atomic E-state index is 1.11. The molecule has 27 aromatic rings. The minimum atomic E-state index is 1.11. The molecule has 144 heavy (non-hydrogen) atoms. The Bertz CT molecular complexity index is 8660. The molecular weight excluding hydrogens is 1740 g/mol. The van der Waals surface area contributed by atoms with Gasteiger partial charge in [-0.05, 0) is 276 Å². The van der Waals surface area contributed by atoms with Crippen molar-refractivity contribution in [2.24, 2.45) is 0 Å². The first-order valence-corrected chi connectivity index (χ1v) is 49.3. The van der Waals surface area contributed by atoms with Gasteiger partial charge in [0.1, 0.15) is 0 Å². The van der Waals surface area contributed by atoms with E-state index in [2.05, 4.69) is 611 Å². The van der Waals surface area contributed by atoms with Crippen LogP contribution in [0.25, 0.3) is 182 Å². The van der Waals surface area contributed by atoms with Crippen LogP contribution in [0.15, 0.2) is 582 Å². The lowest BCUT2D eigenvalue weighted by Crippen LogP contribution is -2.10. The lowest BCUT2D eigenvalue weighted by Gasteiger charge is -2.27. The van der Waals surface area contributed by atoms with E-state index in [4.69, 9.17) is 0 Å². The molecule has 27 rings (SSSR count). The van der Waals surface area contributed by atoms with Crippen molar-refractivity contribution in [3.05, 3.63) is 582 Å². The molecule has 3 aromatic heterocycles. The van der Waals surface area contributed by atoms with Gasteiger partial charge in [0.2, 0.25) is 0 Å². The monoisotopic (exact) mass is 1840 g/mol. The molecule has 0 amide bonds. The number of rotatable bonds is 18. The molecule has 24 aromatic carbocycles. The summed E-state index contributed by atoms with van der Waals surface area (Å²) in [6.07, 6.45) is 0. The third-order valence-electron chi connectivity index (χ3n) is 28.1. The van der Waals surface area contributed by atoms with Gasteiger partial charge in [0.15, 0.2) is 0 Å². The van der Waals surface area contributed by atoms with Crippen molar-refractivity contribution in [2.45, 2.75) is 0 Å². The molecule has 0 fully saturated rings. The highest BCUT2D eigenvalue weighted by Gasteiger charge is 2.25. The summed E-state index contributed by atoms with van der Waals surface area (Å²) in [6, 6.07) is 210. The van der Waals surface area contributed by atoms with E-state index in [0.717, 1.165) is 62.6 Å². The first kappa shape index (κ1) is 86.4. The summed E-state index contributed by atoms with van der Waals surface area (Å²) in [5.41, 5.74) is 35.3. The van der Waals surface area contributed by atoms with E-state index in [1.54, 1.807) is 0 Å². The molecule has 0 bridgehead atoms. The van der Waals surface area contributed by atoms with Crippen LogP contribution in [0.4, 0.5) is 51.2 Å². The molecule has 0 unspecified atom stereocenters. The van der Waals surface area contributed by atoms with Crippen LogP contribution >= 0.6 is 0 Å². The van der Waals surface area contributed by atoms with Crippen molar-refractivity contribution >= 4 is 149 Å². The molecule has 0 N–H and O–H groups in total. The zero-order valence-corrected chi connectivity index (χ0v) is 79.1. The summed E-state index contributed by atoms with van der Waals surface area (Å²) >= 11 is 0. The lowest BCUT2D eigenvalue weighted by atomic mass is 10.0. The van der Waals surface area contributed by atoms with E-state index in [0.29, 0.717) is 0 Å². The Morgan fingerprint density at radius 1 is 0.111 bits per heavy atom. The van der Waals surface area contributed by atoms with E-state index in [-0.39, 0.29) is 0 Å². The topological polar surface area (TPSA) is 24.5 Å². The number of fused-ring (bicyclic) bond motifs is 12. The van der Waals surface area contributed by atoms with E-state index in [9.17, 15) is 0 Å². The summed E-state index contributed by atoms with van der Waals surface area (Å²) in [7, 11) is 0. The molecule has 0 saturated heterocycles. The molecule has 0 aliphatic rings. The number of benzene rings is 24. The first-order valence-electron chi connectivity index (χ1n) is 49.3. The normalized spacial score (nSPS) is 11.3. The summed E-state index contributed by atoms with van der Waals surface area (Å²) in [4.78, 5) is 7.16. The van der Waals surface area contributed by atoms with Crippen molar-refractivity contribution in [1.82, 2.24) is 13.7 Å². The van der Waals surface area contributed by atoms with Crippen molar-refractivity contribution < 1.29 is 0 Å². The van der Waals surface area contributed by atoms with E-state index < -0.39 is 0 Å². The zero-order chi connectivity index (χ0) is 95.6. The van der Waals surface area contributed by atoms with E-state index >= 15 is 0 Å². The van der Waals surface area contributed by atoms with Crippen LogP contribution in [0.2, 0.25) is 0 Å². The second kappa shape index (κ2) is 38.3. The van der Waals surface area contributed by atoms with Crippen LogP contribution in [0.3, 0.4) is 0 Å². The Hall–Kier alpha value is -19.1. The van der Waals surface area contributed by atoms with Crippen LogP contribution in [0.1, 0.15) is 0 Å². The zero-order valence-electron chi connectivity index (χ0n) is 79.1. The van der Waals surface area contributed by atoms with Gasteiger partial charge in [-0.25, -0.2) is 0 Å². The second-order valence-corrected chi connectivity index (χ2v) is 36.7. The fraction of sp³-hybridized carbons (Fsp3) is 0. The third-order valence-corrected chi connectivity index (χ3v) is 28.1. The average molecular weight is 1840 g/mol. The average Bonchev–Trinajstić information content (AvgIpc) is 1.58.